The lowest BCUT2D eigenvalue weighted by molar-refractivity contribution is 0.338. The van der Waals surface area contributed by atoms with Crippen LogP contribution in [0.4, 0.5) is 0 Å². The quantitative estimate of drug-likeness (QED) is 0.616. The molecule has 2 heteroatoms. The van der Waals surface area contributed by atoms with Gasteiger partial charge in [0.05, 0.1) is 13.4 Å². The molecule has 1 rings (SSSR count). The Morgan fingerprint density at radius 1 is 1.25 bits per heavy atom. The van der Waals surface area contributed by atoms with E-state index in [-0.39, 0.29) is 5.75 Å². The molecule has 0 fully saturated rings. The highest BCUT2D eigenvalue weighted by Gasteiger charge is 1.96. The number of allylic oxidation sites excluding steroid dienone is 5. The van der Waals surface area contributed by atoms with Crippen LogP contribution in [-0.2, 0) is 4.74 Å². The van der Waals surface area contributed by atoms with E-state index in [9.17, 15) is 5.11 Å². The van der Waals surface area contributed by atoms with E-state index in [0.717, 1.165) is 11.1 Å². The summed E-state index contributed by atoms with van der Waals surface area (Å²) in [4.78, 5) is 0. The van der Waals surface area contributed by atoms with E-state index in [0.29, 0.717) is 0 Å². The van der Waals surface area contributed by atoms with Crippen molar-refractivity contribution < 1.29 is 9.84 Å². The summed E-state index contributed by atoms with van der Waals surface area (Å²) in [5.41, 5.74) is 2.12. The van der Waals surface area contributed by atoms with Gasteiger partial charge in [-0.15, -0.1) is 0 Å². The van der Waals surface area contributed by atoms with Crippen LogP contribution in [0.25, 0.3) is 5.57 Å². The van der Waals surface area contributed by atoms with Crippen LogP contribution >= 0.6 is 0 Å². The van der Waals surface area contributed by atoms with Crippen LogP contribution in [0, 0.1) is 0 Å². The van der Waals surface area contributed by atoms with Crippen LogP contribution in [0.3, 0.4) is 0 Å². The van der Waals surface area contributed by atoms with E-state index >= 15 is 0 Å². The Bertz CT molecular complexity index is 397. The highest BCUT2D eigenvalue weighted by molar-refractivity contribution is 5.75. The van der Waals surface area contributed by atoms with Gasteiger partial charge in [0.1, 0.15) is 5.75 Å². The molecule has 0 amide bonds. The molecule has 0 atom stereocenters. The summed E-state index contributed by atoms with van der Waals surface area (Å²) in [5, 5.41) is 9.21. The number of methoxy groups -OCH3 is 1. The normalized spacial score (nSPS) is 12.5. The first kappa shape index (κ1) is 12.1. The van der Waals surface area contributed by atoms with Crippen molar-refractivity contribution in [3.8, 4) is 5.75 Å². The summed E-state index contributed by atoms with van der Waals surface area (Å²) in [6, 6.07) is 7.10. The smallest absolute Gasteiger partial charge is 0.115 e. The molecule has 0 aromatic heterocycles. The Morgan fingerprint density at radius 2 is 1.94 bits per heavy atom. The van der Waals surface area contributed by atoms with Crippen molar-refractivity contribution in [3.63, 3.8) is 0 Å². The standard InChI is InChI=1S/C14H16O2/c1-3-5-12(6-4-11-16-2)13-7-9-14(15)10-8-13/h3-11,15H,1-2H3/b5-3-,11-4+,12-6+. The van der Waals surface area contributed by atoms with Gasteiger partial charge in [-0.2, -0.15) is 0 Å². The number of aromatic hydroxyl groups is 1. The lowest BCUT2D eigenvalue weighted by Gasteiger charge is -2.01. The fraction of sp³-hybridized carbons (Fsp3) is 0.143. The first-order valence-corrected chi connectivity index (χ1v) is 5.09. The van der Waals surface area contributed by atoms with Gasteiger partial charge >= 0.3 is 0 Å². The van der Waals surface area contributed by atoms with Crippen molar-refractivity contribution in [2.24, 2.45) is 0 Å². The highest BCUT2D eigenvalue weighted by atomic mass is 16.5. The second kappa shape index (κ2) is 6.51. The third-order valence-electron chi connectivity index (χ3n) is 2.04. The summed E-state index contributed by atoms with van der Waals surface area (Å²) in [6.45, 7) is 1.97. The number of ether oxygens (including phenoxy) is 1. The molecule has 0 saturated heterocycles. The Labute approximate surface area is 96.2 Å². The Kier molecular flexibility index (Phi) is 4.93. The van der Waals surface area contributed by atoms with E-state index in [1.165, 1.54) is 0 Å². The molecular formula is C14H16O2. The minimum Gasteiger partial charge on any atom is -0.508 e. The lowest BCUT2D eigenvalue weighted by atomic mass is 10.0. The minimum absolute atomic E-state index is 0.274. The van der Waals surface area contributed by atoms with Gasteiger partial charge in [0.25, 0.3) is 0 Å². The maximum absolute atomic E-state index is 9.21. The van der Waals surface area contributed by atoms with E-state index in [1.807, 2.05) is 43.4 Å². The van der Waals surface area contributed by atoms with Gasteiger partial charge in [-0.1, -0.05) is 30.4 Å². The number of phenols is 1. The number of benzene rings is 1. The zero-order chi connectivity index (χ0) is 11.8. The first-order chi connectivity index (χ1) is 7.77. The van der Waals surface area contributed by atoms with E-state index in [2.05, 4.69) is 0 Å². The number of phenolic OH excluding ortho intramolecular Hbond substituents is 1. The van der Waals surface area contributed by atoms with Crippen molar-refractivity contribution in [1.29, 1.82) is 0 Å². The first-order valence-electron chi connectivity index (χ1n) is 5.09. The van der Waals surface area contributed by atoms with E-state index < -0.39 is 0 Å². The molecule has 0 saturated carbocycles. The molecule has 16 heavy (non-hydrogen) atoms. The second-order valence-corrected chi connectivity index (χ2v) is 3.23. The maximum atomic E-state index is 9.21. The fourth-order valence-corrected chi connectivity index (χ4v) is 1.30. The van der Waals surface area contributed by atoms with E-state index in [1.54, 1.807) is 25.5 Å². The summed E-state index contributed by atoms with van der Waals surface area (Å²) < 4.78 is 4.84. The molecule has 0 aliphatic heterocycles. The number of rotatable bonds is 4. The van der Waals surface area contributed by atoms with E-state index in [4.69, 9.17) is 4.74 Å². The molecule has 84 valence electrons. The third-order valence-corrected chi connectivity index (χ3v) is 2.04. The summed E-state index contributed by atoms with van der Waals surface area (Å²) in [7, 11) is 1.61. The van der Waals surface area contributed by atoms with Crippen LogP contribution in [0.15, 0.2) is 54.8 Å². The molecule has 0 radical (unpaired) electrons. The molecular weight excluding hydrogens is 200 g/mol. The fourth-order valence-electron chi connectivity index (χ4n) is 1.30. The Morgan fingerprint density at radius 3 is 2.50 bits per heavy atom. The zero-order valence-electron chi connectivity index (χ0n) is 9.55. The van der Waals surface area contributed by atoms with Gasteiger partial charge in [0, 0.05) is 0 Å². The molecule has 1 aromatic carbocycles. The van der Waals surface area contributed by atoms with Crippen molar-refractivity contribution in [3.05, 3.63) is 60.4 Å². The molecule has 2 nitrogen and oxygen atoms in total. The SMILES string of the molecule is C\C=C/C(=C\C=C\OC)c1ccc(O)cc1. The summed E-state index contributed by atoms with van der Waals surface area (Å²) >= 11 is 0. The van der Waals surface area contributed by atoms with Crippen LogP contribution in [0.2, 0.25) is 0 Å². The van der Waals surface area contributed by atoms with Gasteiger partial charge in [-0.05, 0) is 36.3 Å². The van der Waals surface area contributed by atoms with Crippen LogP contribution in [0.1, 0.15) is 12.5 Å². The maximum Gasteiger partial charge on any atom is 0.115 e. The molecule has 0 heterocycles. The average Bonchev–Trinajstić information content (AvgIpc) is 2.29. The van der Waals surface area contributed by atoms with Crippen molar-refractivity contribution in [1.82, 2.24) is 0 Å². The highest BCUT2D eigenvalue weighted by Crippen LogP contribution is 2.19. The summed E-state index contributed by atoms with van der Waals surface area (Å²) in [6.07, 6.45) is 9.38. The predicted octanol–water partition coefficient (Wildman–Crippen LogP) is 3.51. The number of hydrogen-bond donors (Lipinski definition) is 1. The molecule has 0 unspecified atom stereocenters. The monoisotopic (exact) mass is 216 g/mol. The Balaban J connectivity index is 2.98. The molecule has 0 aliphatic rings. The summed E-state index contributed by atoms with van der Waals surface area (Å²) in [5.74, 6) is 0.274. The van der Waals surface area contributed by atoms with Crippen molar-refractivity contribution in [2.45, 2.75) is 6.92 Å². The van der Waals surface area contributed by atoms with Crippen LogP contribution in [-0.4, -0.2) is 12.2 Å². The molecule has 1 aromatic rings. The van der Waals surface area contributed by atoms with Crippen molar-refractivity contribution >= 4 is 5.57 Å². The predicted molar refractivity (Wildman–Crippen MR) is 67.0 cm³/mol. The van der Waals surface area contributed by atoms with Gasteiger partial charge < -0.3 is 9.84 Å². The van der Waals surface area contributed by atoms with Gasteiger partial charge in [0.15, 0.2) is 0 Å². The molecule has 0 aliphatic carbocycles. The third kappa shape index (κ3) is 3.65. The molecule has 0 spiro atoms. The topological polar surface area (TPSA) is 29.5 Å². The van der Waals surface area contributed by atoms with Gasteiger partial charge in [0.2, 0.25) is 0 Å². The largest absolute Gasteiger partial charge is 0.508 e. The Hall–Kier alpha value is -1.96. The lowest BCUT2D eigenvalue weighted by Crippen LogP contribution is -1.79. The minimum atomic E-state index is 0.274. The molecule has 0 bridgehead atoms. The van der Waals surface area contributed by atoms with Crippen LogP contribution in [0.5, 0.6) is 5.75 Å². The second-order valence-electron chi connectivity index (χ2n) is 3.23. The van der Waals surface area contributed by atoms with Crippen molar-refractivity contribution in [2.75, 3.05) is 7.11 Å². The van der Waals surface area contributed by atoms with Gasteiger partial charge in [-0.3, -0.25) is 0 Å². The van der Waals surface area contributed by atoms with Crippen LogP contribution < -0.4 is 0 Å². The average molecular weight is 216 g/mol. The zero-order valence-corrected chi connectivity index (χ0v) is 9.55. The molecule has 1 N–H and O–H groups in total. The van der Waals surface area contributed by atoms with Gasteiger partial charge in [-0.25, -0.2) is 0 Å². The number of hydrogen-bond acceptors (Lipinski definition) is 2.